The molecule has 3 nitrogen and oxygen atoms in total. The number of benzene rings is 1. The number of aromatic nitrogens is 1. The number of rotatable bonds is 3. The van der Waals surface area contributed by atoms with E-state index in [9.17, 15) is 0 Å². The molecule has 80 valence electrons. The molecule has 1 aromatic heterocycles. The molecule has 1 aromatic carbocycles. The molecule has 0 aliphatic rings. The second-order valence-electron chi connectivity index (χ2n) is 3.60. The molecule has 16 heavy (non-hydrogen) atoms. The Morgan fingerprint density at radius 1 is 1.31 bits per heavy atom. The standard InChI is InChI=1S/C13H12N2O/c1-10-12(8-5-9-14)13(16-15-10)11-6-3-2-4-7-11/h2-4,6-7H,5,8H2,1H3. The van der Waals surface area contributed by atoms with Gasteiger partial charge in [-0.3, -0.25) is 0 Å². The van der Waals surface area contributed by atoms with Crippen molar-refractivity contribution < 1.29 is 4.52 Å². The molecular formula is C13H12N2O. The van der Waals surface area contributed by atoms with Gasteiger partial charge < -0.3 is 4.52 Å². The highest BCUT2D eigenvalue weighted by molar-refractivity contribution is 5.61. The summed E-state index contributed by atoms with van der Waals surface area (Å²) >= 11 is 0. The van der Waals surface area contributed by atoms with Crippen LogP contribution in [-0.4, -0.2) is 5.16 Å². The molecule has 2 rings (SSSR count). The van der Waals surface area contributed by atoms with Crippen LogP contribution < -0.4 is 0 Å². The molecule has 3 heteroatoms. The van der Waals surface area contributed by atoms with Gasteiger partial charge in [-0.15, -0.1) is 0 Å². The molecule has 0 saturated carbocycles. The lowest BCUT2D eigenvalue weighted by atomic mass is 10.0. The van der Waals surface area contributed by atoms with Crippen molar-refractivity contribution in [3.63, 3.8) is 0 Å². The Kier molecular flexibility index (Phi) is 3.02. The molecule has 0 spiro atoms. The highest BCUT2D eigenvalue weighted by Gasteiger charge is 2.13. The fourth-order valence-electron chi connectivity index (χ4n) is 1.68. The predicted molar refractivity (Wildman–Crippen MR) is 60.6 cm³/mol. The van der Waals surface area contributed by atoms with E-state index < -0.39 is 0 Å². The maximum atomic E-state index is 8.62. The molecule has 0 amide bonds. The summed E-state index contributed by atoms with van der Waals surface area (Å²) in [5.41, 5.74) is 2.91. The number of aryl methyl sites for hydroxylation is 1. The first-order valence-corrected chi connectivity index (χ1v) is 5.20. The summed E-state index contributed by atoms with van der Waals surface area (Å²) in [6, 6.07) is 12.0. The fraction of sp³-hybridized carbons (Fsp3) is 0.231. The van der Waals surface area contributed by atoms with Gasteiger partial charge in [-0.2, -0.15) is 5.26 Å². The topological polar surface area (TPSA) is 49.8 Å². The van der Waals surface area contributed by atoms with Crippen molar-refractivity contribution in [1.82, 2.24) is 5.16 Å². The summed E-state index contributed by atoms with van der Waals surface area (Å²) in [5.74, 6) is 0.786. The van der Waals surface area contributed by atoms with Gasteiger partial charge in [0.25, 0.3) is 0 Å². The van der Waals surface area contributed by atoms with Gasteiger partial charge in [0, 0.05) is 17.5 Å². The average Bonchev–Trinajstić information content (AvgIpc) is 2.69. The summed E-state index contributed by atoms with van der Waals surface area (Å²) < 4.78 is 5.32. The van der Waals surface area contributed by atoms with Crippen molar-refractivity contribution in [2.24, 2.45) is 0 Å². The van der Waals surface area contributed by atoms with Crippen molar-refractivity contribution in [3.8, 4) is 17.4 Å². The third kappa shape index (κ3) is 1.96. The smallest absolute Gasteiger partial charge is 0.170 e. The monoisotopic (exact) mass is 212 g/mol. The Hall–Kier alpha value is -2.08. The third-order valence-electron chi connectivity index (χ3n) is 2.51. The fourth-order valence-corrected chi connectivity index (χ4v) is 1.68. The van der Waals surface area contributed by atoms with Crippen molar-refractivity contribution in [2.45, 2.75) is 19.8 Å². The van der Waals surface area contributed by atoms with Crippen LogP contribution >= 0.6 is 0 Å². The molecule has 0 aliphatic carbocycles. The Bertz CT molecular complexity index is 508. The molecule has 0 N–H and O–H groups in total. The van der Waals surface area contributed by atoms with Crippen LogP contribution in [-0.2, 0) is 6.42 Å². The molecule has 0 radical (unpaired) electrons. The van der Waals surface area contributed by atoms with Gasteiger partial charge >= 0.3 is 0 Å². The van der Waals surface area contributed by atoms with Crippen LogP contribution in [0.15, 0.2) is 34.9 Å². The normalized spacial score (nSPS) is 10.0. The minimum Gasteiger partial charge on any atom is -0.356 e. The molecule has 0 atom stereocenters. The minimum atomic E-state index is 0.488. The summed E-state index contributed by atoms with van der Waals surface area (Å²) in [4.78, 5) is 0. The lowest BCUT2D eigenvalue weighted by molar-refractivity contribution is 0.426. The Balaban J connectivity index is 2.39. The van der Waals surface area contributed by atoms with E-state index in [1.807, 2.05) is 37.3 Å². The van der Waals surface area contributed by atoms with Gasteiger partial charge in [0.15, 0.2) is 5.76 Å². The van der Waals surface area contributed by atoms with Crippen molar-refractivity contribution in [2.75, 3.05) is 0 Å². The first kappa shape index (κ1) is 10.4. The maximum absolute atomic E-state index is 8.62. The molecule has 2 aromatic rings. The number of hydrogen-bond donors (Lipinski definition) is 0. The van der Waals surface area contributed by atoms with Crippen LogP contribution in [0.2, 0.25) is 0 Å². The van der Waals surface area contributed by atoms with Gasteiger partial charge in [0.1, 0.15) is 0 Å². The van der Waals surface area contributed by atoms with Gasteiger partial charge in [0.2, 0.25) is 0 Å². The molecular weight excluding hydrogens is 200 g/mol. The lowest BCUT2D eigenvalue weighted by Gasteiger charge is -1.99. The molecule has 0 fully saturated rings. The van der Waals surface area contributed by atoms with Crippen LogP contribution in [0.25, 0.3) is 11.3 Å². The number of hydrogen-bond acceptors (Lipinski definition) is 3. The Morgan fingerprint density at radius 3 is 2.75 bits per heavy atom. The molecule has 1 heterocycles. The first-order valence-electron chi connectivity index (χ1n) is 5.20. The zero-order chi connectivity index (χ0) is 11.4. The van der Waals surface area contributed by atoms with E-state index in [0.717, 1.165) is 22.6 Å². The molecule has 0 bridgehead atoms. The number of nitrogens with zero attached hydrogens (tertiary/aromatic N) is 2. The summed E-state index contributed by atoms with van der Waals surface area (Å²) in [6.07, 6.45) is 1.18. The number of nitriles is 1. The zero-order valence-electron chi connectivity index (χ0n) is 9.10. The second kappa shape index (κ2) is 4.63. The van der Waals surface area contributed by atoms with E-state index in [1.54, 1.807) is 0 Å². The van der Waals surface area contributed by atoms with Crippen LogP contribution in [0.4, 0.5) is 0 Å². The largest absolute Gasteiger partial charge is 0.356 e. The highest BCUT2D eigenvalue weighted by Crippen LogP contribution is 2.26. The van der Waals surface area contributed by atoms with Crippen LogP contribution in [0.5, 0.6) is 0 Å². The average molecular weight is 212 g/mol. The van der Waals surface area contributed by atoms with Crippen molar-refractivity contribution >= 4 is 0 Å². The SMILES string of the molecule is Cc1noc(-c2ccccc2)c1CCC#N. The maximum Gasteiger partial charge on any atom is 0.170 e. The van der Waals surface area contributed by atoms with E-state index >= 15 is 0 Å². The Labute approximate surface area is 94.3 Å². The van der Waals surface area contributed by atoms with Crippen LogP contribution in [0.3, 0.4) is 0 Å². The van der Waals surface area contributed by atoms with Crippen LogP contribution in [0.1, 0.15) is 17.7 Å². The minimum absolute atomic E-state index is 0.488. The van der Waals surface area contributed by atoms with Gasteiger partial charge in [-0.25, -0.2) is 0 Å². The zero-order valence-corrected chi connectivity index (χ0v) is 9.10. The van der Waals surface area contributed by atoms with Crippen LogP contribution in [0, 0.1) is 18.3 Å². The molecule has 0 unspecified atom stereocenters. The highest BCUT2D eigenvalue weighted by atomic mass is 16.5. The van der Waals surface area contributed by atoms with Crippen molar-refractivity contribution in [3.05, 3.63) is 41.6 Å². The predicted octanol–water partition coefficient (Wildman–Crippen LogP) is 3.11. The van der Waals surface area contributed by atoms with Gasteiger partial charge in [-0.05, 0) is 13.3 Å². The van der Waals surface area contributed by atoms with E-state index in [-0.39, 0.29) is 0 Å². The van der Waals surface area contributed by atoms with E-state index in [1.165, 1.54) is 0 Å². The van der Waals surface area contributed by atoms with E-state index in [0.29, 0.717) is 12.8 Å². The molecule has 0 saturated heterocycles. The van der Waals surface area contributed by atoms with Gasteiger partial charge in [-0.1, -0.05) is 35.5 Å². The van der Waals surface area contributed by atoms with Crippen molar-refractivity contribution in [1.29, 1.82) is 5.26 Å². The second-order valence-corrected chi connectivity index (χ2v) is 3.60. The Morgan fingerprint density at radius 2 is 2.06 bits per heavy atom. The molecule has 0 aliphatic heterocycles. The first-order chi connectivity index (χ1) is 7.83. The third-order valence-corrected chi connectivity index (χ3v) is 2.51. The van der Waals surface area contributed by atoms with E-state index in [2.05, 4.69) is 11.2 Å². The van der Waals surface area contributed by atoms with Gasteiger partial charge in [0.05, 0.1) is 11.8 Å². The summed E-state index contributed by atoms with van der Waals surface area (Å²) in [6.45, 7) is 1.91. The van der Waals surface area contributed by atoms with E-state index in [4.69, 9.17) is 9.78 Å². The lowest BCUT2D eigenvalue weighted by Crippen LogP contribution is -1.88. The summed E-state index contributed by atoms with van der Waals surface area (Å²) in [7, 11) is 0. The summed E-state index contributed by atoms with van der Waals surface area (Å²) in [5, 5.41) is 12.6. The quantitative estimate of drug-likeness (QED) is 0.785.